The van der Waals surface area contributed by atoms with E-state index < -0.39 is 40.5 Å². The summed E-state index contributed by atoms with van der Waals surface area (Å²) in [6.07, 6.45) is 0.608. The molecule has 1 aromatic carbocycles. The third-order valence-corrected chi connectivity index (χ3v) is 9.84. The van der Waals surface area contributed by atoms with Gasteiger partial charge in [-0.3, -0.25) is 14.5 Å². The molecule has 2 N–H and O–H groups in total. The van der Waals surface area contributed by atoms with Crippen LogP contribution in [0.5, 0.6) is 0 Å². The topological polar surface area (TPSA) is 114 Å². The minimum atomic E-state index is -4.14. The molecule has 12 heteroatoms. The average molecular weight is 579 g/mol. The average Bonchev–Trinajstić information content (AvgIpc) is 3.71. The Balaban J connectivity index is 1.32. The van der Waals surface area contributed by atoms with Crippen molar-refractivity contribution in [3.63, 3.8) is 0 Å². The molecule has 8 nitrogen and oxygen atoms in total. The molecular formula is C28H33F3N4O4S. The maximum Gasteiger partial charge on any atom is 0.391 e. The van der Waals surface area contributed by atoms with Gasteiger partial charge in [0.15, 0.2) is 9.84 Å². The maximum atomic E-state index is 13.1. The second-order valence-electron chi connectivity index (χ2n) is 10.9. The molecular weight excluding hydrogens is 545 g/mol. The minimum Gasteiger partial charge on any atom is -0.394 e. The second-order valence-corrected chi connectivity index (χ2v) is 13.2. The molecule has 5 rings (SSSR count). The van der Waals surface area contributed by atoms with Crippen molar-refractivity contribution in [3.05, 3.63) is 53.3 Å². The molecule has 2 saturated carbocycles. The fourth-order valence-corrected chi connectivity index (χ4v) is 6.41. The van der Waals surface area contributed by atoms with Crippen LogP contribution in [-0.2, 0) is 16.4 Å². The lowest BCUT2D eigenvalue weighted by atomic mass is 9.81. The van der Waals surface area contributed by atoms with Crippen LogP contribution in [0.4, 0.5) is 13.2 Å². The van der Waals surface area contributed by atoms with E-state index in [1.54, 1.807) is 25.1 Å². The first kappa shape index (κ1) is 28.5. The van der Waals surface area contributed by atoms with E-state index in [4.69, 9.17) is 5.10 Å². The summed E-state index contributed by atoms with van der Waals surface area (Å²) in [5.41, 5.74) is 3.05. The van der Waals surface area contributed by atoms with Crippen LogP contribution in [0, 0.1) is 11.8 Å². The highest BCUT2D eigenvalue weighted by Gasteiger charge is 2.41. The van der Waals surface area contributed by atoms with Crippen LogP contribution in [-0.4, -0.2) is 52.7 Å². The lowest BCUT2D eigenvalue weighted by molar-refractivity contribution is -0.184. The molecule has 1 amide bonds. The van der Waals surface area contributed by atoms with Gasteiger partial charge in [0.05, 0.1) is 40.5 Å². The predicted molar refractivity (Wildman–Crippen MR) is 142 cm³/mol. The summed E-state index contributed by atoms with van der Waals surface area (Å²) in [5, 5.41) is 17.4. The Labute approximate surface area is 230 Å². The number of fused-ring (bicyclic) bond motifs is 1. The number of carbonyl (C=O) groups is 1. The quantitative estimate of drug-likeness (QED) is 0.372. The predicted octanol–water partition coefficient (Wildman–Crippen LogP) is 4.93. The zero-order valence-corrected chi connectivity index (χ0v) is 23.0. The van der Waals surface area contributed by atoms with Gasteiger partial charge in [0.1, 0.15) is 11.0 Å². The normalized spacial score (nSPS) is 20.9. The van der Waals surface area contributed by atoms with Crippen molar-refractivity contribution < 1.29 is 31.5 Å². The fourth-order valence-electron chi connectivity index (χ4n) is 5.52. The molecule has 40 heavy (non-hydrogen) atoms. The van der Waals surface area contributed by atoms with Gasteiger partial charge in [-0.1, -0.05) is 19.1 Å². The number of alkyl halides is 3. The van der Waals surface area contributed by atoms with E-state index in [2.05, 4.69) is 10.3 Å². The number of amides is 1. The van der Waals surface area contributed by atoms with Crippen molar-refractivity contribution in [1.29, 1.82) is 0 Å². The van der Waals surface area contributed by atoms with Crippen LogP contribution >= 0.6 is 0 Å². The maximum absolute atomic E-state index is 13.1. The van der Waals surface area contributed by atoms with Gasteiger partial charge in [-0.25, -0.2) is 8.42 Å². The standard InChI is InChI=1S/C28H33F3N4O4S/c1-2-40(38,39)22-11-7-18(8-12-22)24(16-36)33-27(37)20-13-23-25(32-14-20)26(19-5-6-19)35(34-23)15-17-3-9-21(10-4-17)28(29,30)31/h7-8,11-14,17,19,21,24,36H,2-6,9-10,15-16H2,1H3,(H,33,37). The van der Waals surface area contributed by atoms with Gasteiger partial charge in [0.25, 0.3) is 5.91 Å². The van der Waals surface area contributed by atoms with Gasteiger partial charge in [0, 0.05) is 18.7 Å². The van der Waals surface area contributed by atoms with Crippen LogP contribution in [0.1, 0.15) is 79.0 Å². The van der Waals surface area contributed by atoms with Crippen molar-refractivity contribution in [2.75, 3.05) is 12.4 Å². The number of sulfone groups is 1. The summed E-state index contributed by atoms with van der Waals surface area (Å²) in [5.74, 6) is -1.30. The molecule has 0 saturated heterocycles. The Morgan fingerprint density at radius 2 is 1.80 bits per heavy atom. The van der Waals surface area contributed by atoms with Crippen LogP contribution in [0.25, 0.3) is 11.0 Å². The molecule has 0 radical (unpaired) electrons. The van der Waals surface area contributed by atoms with E-state index in [1.165, 1.54) is 18.3 Å². The summed E-state index contributed by atoms with van der Waals surface area (Å²) in [6.45, 7) is 1.70. The molecule has 216 valence electrons. The number of aliphatic hydroxyl groups excluding tert-OH is 1. The van der Waals surface area contributed by atoms with E-state index in [9.17, 15) is 31.5 Å². The molecule has 2 aliphatic rings. The van der Waals surface area contributed by atoms with Gasteiger partial charge in [-0.2, -0.15) is 18.3 Å². The molecule has 0 bridgehead atoms. The van der Waals surface area contributed by atoms with Crippen molar-refractivity contribution >= 4 is 26.8 Å². The Kier molecular flexibility index (Phi) is 7.93. The van der Waals surface area contributed by atoms with E-state index in [1.807, 2.05) is 4.68 Å². The number of benzene rings is 1. The summed E-state index contributed by atoms with van der Waals surface area (Å²) >= 11 is 0. The van der Waals surface area contributed by atoms with Crippen molar-refractivity contribution in [2.45, 2.75) is 75.0 Å². The Morgan fingerprint density at radius 3 is 2.38 bits per heavy atom. The van der Waals surface area contributed by atoms with Crippen molar-refractivity contribution in [3.8, 4) is 0 Å². The molecule has 1 unspecified atom stereocenters. The number of hydrogen-bond donors (Lipinski definition) is 2. The number of aromatic nitrogens is 3. The molecule has 0 spiro atoms. The van der Waals surface area contributed by atoms with E-state index >= 15 is 0 Å². The number of hydrogen-bond acceptors (Lipinski definition) is 6. The number of pyridine rings is 1. The number of aliphatic hydroxyl groups is 1. The zero-order chi connectivity index (χ0) is 28.7. The number of nitrogens with one attached hydrogen (secondary N) is 1. The SMILES string of the molecule is CCS(=O)(=O)c1ccc(C(CO)NC(=O)c2cnc3c(C4CC4)n(CC4CCC(C(F)(F)F)CC4)nc3c2)cc1. The van der Waals surface area contributed by atoms with E-state index in [0.29, 0.717) is 41.9 Å². The molecule has 0 aliphatic heterocycles. The van der Waals surface area contributed by atoms with Gasteiger partial charge >= 0.3 is 6.18 Å². The van der Waals surface area contributed by atoms with Crippen molar-refractivity contribution in [1.82, 2.24) is 20.1 Å². The molecule has 2 aliphatic carbocycles. The number of carbonyl (C=O) groups excluding carboxylic acids is 1. The minimum absolute atomic E-state index is 0.0284. The van der Waals surface area contributed by atoms with Gasteiger partial charge in [0.2, 0.25) is 0 Å². The Hall–Kier alpha value is -2.99. The van der Waals surface area contributed by atoms with E-state index in [0.717, 1.165) is 18.5 Å². The highest BCUT2D eigenvalue weighted by Crippen LogP contribution is 2.44. The lowest BCUT2D eigenvalue weighted by Gasteiger charge is -2.30. The number of rotatable bonds is 9. The third kappa shape index (κ3) is 6.02. The molecule has 3 aromatic rings. The molecule has 1 atom stereocenters. The van der Waals surface area contributed by atoms with Crippen molar-refractivity contribution in [2.24, 2.45) is 11.8 Å². The zero-order valence-electron chi connectivity index (χ0n) is 22.2. The highest BCUT2D eigenvalue weighted by atomic mass is 32.2. The van der Waals surface area contributed by atoms with Crippen LogP contribution in [0.15, 0.2) is 41.4 Å². The Morgan fingerprint density at radius 1 is 1.12 bits per heavy atom. The first-order chi connectivity index (χ1) is 19.0. The van der Waals surface area contributed by atoms with Gasteiger partial charge in [-0.05, 0) is 68.2 Å². The third-order valence-electron chi connectivity index (χ3n) is 8.09. The van der Waals surface area contributed by atoms with Crippen LogP contribution in [0.3, 0.4) is 0 Å². The van der Waals surface area contributed by atoms with Crippen LogP contribution in [0.2, 0.25) is 0 Å². The summed E-state index contributed by atoms with van der Waals surface area (Å²) in [4.78, 5) is 17.8. The smallest absolute Gasteiger partial charge is 0.391 e. The first-order valence-corrected chi connectivity index (χ1v) is 15.3. The monoisotopic (exact) mass is 578 g/mol. The van der Waals surface area contributed by atoms with Gasteiger partial charge < -0.3 is 10.4 Å². The molecule has 2 fully saturated rings. The van der Waals surface area contributed by atoms with Gasteiger partial charge in [-0.15, -0.1) is 0 Å². The summed E-state index contributed by atoms with van der Waals surface area (Å²) < 4.78 is 65.3. The van der Waals surface area contributed by atoms with Crippen LogP contribution < -0.4 is 5.32 Å². The Bertz CT molecular complexity index is 1480. The number of halogens is 3. The summed E-state index contributed by atoms with van der Waals surface area (Å²) in [7, 11) is -3.37. The molecule has 2 aromatic heterocycles. The second kappa shape index (κ2) is 11.1. The first-order valence-electron chi connectivity index (χ1n) is 13.7. The lowest BCUT2D eigenvalue weighted by Crippen LogP contribution is -2.30. The molecule has 2 heterocycles. The van der Waals surface area contributed by atoms with E-state index in [-0.39, 0.29) is 35.0 Å². The fraction of sp³-hybridized carbons (Fsp3) is 0.536. The summed E-state index contributed by atoms with van der Waals surface area (Å²) in [6, 6.07) is 6.93. The highest BCUT2D eigenvalue weighted by molar-refractivity contribution is 7.91. The largest absolute Gasteiger partial charge is 0.394 e. The number of nitrogens with zero attached hydrogens (tertiary/aromatic N) is 3.